The molecule has 1 aromatic carbocycles. The van der Waals surface area contributed by atoms with Crippen molar-refractivity contribution < 1.29 is 9.21 Å². The summed E-state index contributed by atoms with van der Waals surface area (Å²) in [7, 11) is 0. The number of carbonyl (C=O) groups excluding carboxylic acids is 1. The molecule has 1 aliphatic rings. The quantitative estimate of drug-likeness (QED) is 0.740. The van der Waals surface area contributed by atoms with Gasteiger partial charge in [-0.2, -0.15) is 5.10 Å². The third-order valence-corrected chi connectivity index (χ3v) is 4.02. The fourth-order valence-electron chi connectivity index (χ4n) is 2.83. The number of hydrazone groups is 1. The third-order valence-electron chi connectivity index (χ3n) is 4.02. The summed E-state index contributed by atoms with van der Waals surface area (Å²) < 4.78 is 5.54. The van der Waals surface area contributed by atoms with E-state index in [0.29, 0.717) is 12.0 Å². The molecule has 0 spiro atoms. The monoisotopic (exact) mass is 317 g/mol. The van der Waals surface area contributed by atoms with Crippen LogP contribution in [0.1, 0.15) is 34.1 Å². The summed E-state index contributed by atoms with van der Waals surface area (Å²) in [4.78, 5) is 16.9. The number of amides is 1. The zero-order valence-corrected chi connectivity index (χ0v) is 12.9. The number of hydrogen-bond acceptors (Lipinski definition) is 4. The van der Waals surface area contributed by atoms with E-state index in [0.717, 1.165) is 17.0 Å². The third kappa shape index (κ3) is 2.60. The first-order valence-corrected chi connectivity index (χ1v) is 7.73. The fraction of sp³-hybridized carbons (Fsp3) is 0.105. The summed E-state index contributed by atoms with van der Waals surface area (Å²) in [6, 6.07) is 16.4. The van der Waals surface area contributed by atoms with Crippen LogP contribution in [-0.4, -0.2) is 21.6 Å². The second-order valence-electron chi connectivity index (χ2n) is 5.53. The van der Waals surface area contributed by atoms with Gasteiger partial charge >= 0.3 is 0 Å². The molecule has 118 valence electrons. The maximum Gasteiger partial charge on any atom is 0.274 e. The van der Waals surface area contributed by atoms with Crippen molar-refractivity contribution in [1.82, 2.24) is 9.99 Å². The van der Waals surface area contributed by atoms with E-state index in [1.807, 2.05) is 42.5 Å². The summed E-state index contributed by atoms with van der Waals surface area (Å²) in [6.45, 7) is 0. The molecule has 0 saturated carbocycles. The van der Waals surface area contributed by atoms with E-state index in [1.54, 1.807) is 30.8 Å². The number of carbonyl (C=O) groups is 1. The van der Waals surface area contributed by atoms with Crippen LogP contribution >= 0.6 is 0 Å². The lowest BCUT2D eigenvalue weighted by Gasteiger charge is -2.19. The molecule has 0 unspecified atom stereocenters. The van der Waals surface area contributed by atoms with Crippen LogP contribution < -0.4 is 0 Å². The normalized spacial score (nSPS) is 16.9. The van der Waals surface area contributed by atoms with E-state index in [2.05, 4.69) is 10.1 Å². The van der Waals surface area contributed by atoms with Gasteiger partial charge < -0.3 is 4.42 Å². The molecule has 0 bridgehead atoms. The molecule has 4 rings (SSSR count). The van der Waals surface area contributed by atoms with Crippen molar-refractivity contribution in [1.29, 1.82) is 0 Å². The molecule has 24 heavy (non-hydrogen) atoms. The SMILES string of the molecule is O=C(c1ccccc1)N1N=C(c2ccncc2)C[C@@H]1c1ccco1. The Balaban J connectivity index is 1.72. The summed E-state index contributed by atoms with van der Waals surface area (Å²) >= 11 is 0. The number of benzene rings is 1. The lowest BCUT2D eigenvalue weighted by Crippen LogP contribution is -2.26. The van der Waals surface area contributed by atoms with Crippen LogP contribution in [0.25, 0.3) is 0 Å². The van der Waals surface area contributed by atoms with Crippen molar-refractivity contribution in [2.24, 2.45) is 5.10 Å². The minimum Gasteiger partial charge on any atom is -0.467 e. The molecule has 0 fully saturated rings. The topological polar surface area (TPSA) is 58.7 Å². The number of aromatic nitrogens is 1. The van der Waals surface area contributed by atoms with E-state index in [4.69, 9.17) is 4.42 Å². The van der Waals surface area contributed by atoms with Gasteiger partial charge in [-0.25, -0.2) is 5.01 Å². The molecule has 3 aromatic rings. The van der Waals surface area contributed by atoms with E-state index in [1.165, 1.54) is 5.01 Å². The molecule has 1 aliphatic heterocycles. The Bertz CT molecular complexity index is 858. The number of rotatable bonds is 3. The highest BCUT2D eigenvalue weighted by atomic mass is 16.3. The summed E-state index contributed by atoms with van der Waals surface area (Å²) in [6.07, 6.45) is 5.67. The van der Waals surface area contributed by atoms with Crippen molar-refractivity contribution in [3.63, 3.8) is 0 Å². The van der Waals surface area contributed by atoms with Gasteiger partial charge in [-0.05, 0) is 36.4 Å². The second kappa shape index (κ2) is 6.12. The highest BCUT2D eigenvalue weighted by Gasteiger charge is 2.35. The van der Waals surface area contributed by atoms with Crippen LogP contribution in [0.4, 0.5) is 0 Å². The van der Waals surface area contributed by atoms with Crippen LogP contribution in [0.5, 0.6) is 0 Å². The van der Waals surface area contributed by atoms with Crippen molar-refractivity contribution >= 4 is 11.6 Å². The molecular formula is C19H15N3O2. The van der Waals surface area contributed by atoms with Crippen LogP contribution in [0.2, 0.25) is 0 Å². The van der Waals surface area contributed by atoms with E-state index in [-0.39, 0.29) is 11.9 Å². The maximum atomic E-state index is 12.9. The van der Waals surface area contributed by atoms with Gasteiger partial charge in [0.1, 0.15) is 11.8 Å². The fourth-order valence-corrected chi connectivity index (χ4v) is 2.83. The van der Waals surface area contributed by atoms with Gasteiger partial charge in [-0.15, -0.1) is 0 Å². The first kappa shape index (κ1) is 14.4. The number of hydrogen-bond donors (Lipinski definition) is 0. The van der Waals surface area contributed by atoms with Gasteiger partial charge in [0.05, 0.1) is 12.0 Å². The highest BCUT2D eigenvalue weighted by molar-refractivity contribution is 6.04. The molecule has 0 saturated heterocycles. The van der Waals surface area contributed by atoms with Gasteiger partial charge in [0.25, 0.3) is 5.91 Å². The van der Waals surface area contributed by atoms with Gasteiger partial charge in [0.15, 0.2) is 0 Å². The van der Waals surface area contributed by atoms with E-state index >= 15 is 0 Å². The highest BCUT2D eigenvalue weighted by Crippen LogP contribution is 2.33. The zero-order chi connectivity index (χ0) is 16.4. The van der Waals surface area contributed by atoms with Crippen LogP contribution in [-0.2, 0) is 0 Å². The standard InChI is InChI=1S/C19H15N3O2/c23-19(15-5-2-1-3-6-15)22-17(18-7-4-12-24-18)13-16(21-22)14-8-10-20-11-9-14/h1-12,17H,13H2/t17-/m1/s1. The average molecular weight is 317 g/mol. The molecule has 5 nitrogen and oxygen atoms in total. The molecule has 5 heteroatoms. The number of furan rings is 1. The lowest BCUT2D eigenvalue weighted by atomic mass is 10.0. The first-order chi connectivity index (χ1) is 11.8. The Morgan fingerprint density at radius 2 is 1.83 bits per heavy atom. The van der Waals surface area contributed by atoms with E-state index < -0.39 is 0 Å². The average Bonchev–Trinajstić information content (AvgIpc) is 3.32. The summed E-state index contributed by atoms with van der Waals surface area (Å²) in [5, 5.41) is 6.10. The molecule has 0 N–H and O–H groups in total. The number of nitrogens with zero attached hydrogens (tertiary/aromatic N) is 3. The van der Waals surface area contributed by atoms with E-state index in [9.17, 15) is 4.79 Å². The largest absolute Gasteiger partial charge is 0.467 e. The maximum absolute atomic E-state index is 12.9. The Labute approximate surface area is 139 Å². The Hall–Kier alpha value is -3.21. The van der Waals surface area contributed by atoms with Crippen molar-refractivity contribution in [3.8, 4) is 0 Å². The Kier molecular flexibility index (Phi) is 3.67. The molecular weight excluding hydrogens is 302 g/mol. The Morgan fingerprint density at radius 3 is 2.54 bits per heavy atom. The molecule has 1 atom stereocenters. The minimum atomic E-state index is -0.240. The molecule has 1 amide bonds. The lowest BCUT2D eigenvalue weighted by molar-refractivity contribution is 0.0693. The molecule has 0 radical (unpaired) electrons. The Morgan fingerprint density at radius 1 is 1.04 bits per heavy atom. The van der Waals surface area contributed by atoms with Crippen LogP contribution in [0.15, 0.2) is 82.8 Å². The van der Waals surface area contributed by atoms with Crippen LogP contribution in [0, 0.1) is 0 Å². The van der Waals surface area contributed by atoms with Crippen molar-refractivity contribution in [2.45, 2.75) is 12.5 Å². The van der Waals surface area contributed by atoms with Gasteiger partial charge in [-0.3, -0.25) is 9.78 Å². The van der Waals surface area contributed by atoms with Gasteiger partial charge in [0.2, 0.25) is 0 Å². The van der Waals surface area contributed by atoms with Gasteiger partial charge in [0, 0.05) is 29.9 Å². The smallest absolute Gasteiger partial charge is 0.274 e. The predicted molar refractivity (Wildman–Crippen MR) is 89.5 cm³/mol. The summed E-state index contributed by atoms with van der Waals surface area (Å²) in [5.74, 6) is 0.591. The predicted octanol–water partition coefficient (Wildman–Crippen LogP) is 3.67. The van der Waals surface area contributed by atoms with Crippen molar-refractivity contribution in [2.75, 3.05) is 0 Å². The van der Waals surface area contributed by atoms with Crippen molar-refractivity contribution in [3.05, 3.63) is 90.1 Å². The second-order valence-corrected chi connectivity index (χ2v) is 5.53. The summed E-state index contributed by atoms with van der Waals surface area (Å²) in [5.41, 5.74) is 2.42. The molecule has 2 aromatic heterocycles. The number of pyridine rings is 1. The molecule has 0 aliphatic carbocycles. The first-order valence-electron chi connectivity index (χ1n) is 7.73. The zero-order valence-electron chi connectivity index (χ0n) is 12.9. The van der Waals surface area contributed by atoms with Crippen LogP contribution in [0.3, 0.4) is 0 Å². The molecule has 3 heterocycles. The minimum absolute atomic E-state index is 0.138. The van der Waals surface area contributed by atoms with Gasteiger partial charge in [-0.1, -0.05) is 18.2 Å².